The van der Waals surface area contributed by atoms with Crippen molar-refractivity contribution in [1.29, 1.82) is 0 Å². The van der Waals surface area contributed by atoms with E-state index in [2.05, 4.69) is 5.32 Å². The van der Waals surface area contributed by atoms with Gasteiger partial charge in [0.05, 0.1) is 23.0 Å². The molecule has 160 valence electrons. The Morgan fingerprint density at radius 1 is 1.10 bits per heavy atom. The van der Waals surface area contributed by atoms with Gasteiger partial charge >= 0.3 is 5.97 Å². The fraction of sp³-hybridized carbons (Fsp3) is 0.364. The summed E-state index contributed by atoms with van der Waals surface area (Å²) in [5.41, 5.74) is 0.967. The predicted molar refractivity (Wildman–Crippen MR) is 114 cm³/mol. The molecule has 0 saturated carbocycles. The van der Waals surface area contributed by atoms with Crippen LogP contribution in [0.2, 0.25) is 0 Å². The van der Waals surface area contributed by atoms with Crippen LogP contribution in [0.25, 0.3) is 0 Å². The second-order valence-corrected chi connectivity index (χ2v) is 9.16. The van der Waals surface area contributed by atoms with Gasteiger partial charge in [0.15, 0.2) is 0 Å². The van der Waals surface area contributed by atoms with Crippen LogP contribution >= 0.6 is 0 Å². The molecule has 0 spiro atoms. The molecule has 7 nitrogen and oxygen atoms in total. The highest BCUT2D eigenvalue weighted by Gasteiger charge is 2.33. The average Bonchev–Trinajstić information content (AvgIpc) is 2.78. The number of anilines is 1. The van der Waals surface area contributed by atoms with E-state index < -0.39 is 21.9 Å². The molecule has 1 aliphatic heterocycles. The molecule has 0 aliphatic carbocycles. The predicted octanol–water partition coefficient (Wildman–Crippen LogP) is 3.29. The summed E-state index contributed by atoms with van der Waals surface area (Å²) in [6.07, 6.45) is 1.98. The molecule has 30 heavy (non-hydrogen) atoms. The van der Waals surface area contributed by atoms with E-state index in [0.29, 0.717) is 37.2 Å². The standard InChI is InChI=1S/C22H26N2O5S/c1-2-15-29-22(26)17-10-12-19(13-11-17)23-21(25)18-7-6-14-24(16-18)30(27,28)20-8-4-3-5-9-20/h3-5,8-13,18H,2,6-7,14-16H2,1H3,(H,23,25). The average molecular weight is 431 g/mol. The van der Waals surface area contributed by atoms with E-state index in [0.717, 1.165) is 6.42 Å². The molecule has 1 saturated heterocycles. The Bertz CT molecular complexity index is 974. The Morgan fingerprint density at radius 2 is 1.80 bits per heavy atom. The van der Waals surface area contributed by atoms with Crippen molar-refractivity contribution in [1.82, 2.24) is 4.31 Å². The first-order valence-electron chi connectivity index (χ1n) is 10.0. The normalized spacial score (nSPS) is 17.3. The van der Waals surface area contributed by atoms with E-state index in [4.69, 9.17) is 4.74 Å². The second kappa shape index (κ2) is 9.86. The van der Waals surface area contributed by atoms with Gasteiger partial charge in [-0.2, -0.15) is 4.31 Å². The van der Waals surface area contributed by atoms with Crippen LogP contribution in [-0.4, -0.2) is 44.3 Å². The SMILES string of the molecule is CCCOC(=O)c1ccc(NC(=O)C2CCCN(S(=O)(=O)c3ccccc3)C2)cc1. The zero-order chi connectivity index (χ0) is 21.6. The van der Waals surface area contributed by atoms with Crippen LogP contribution in [0.4, 0.5) is 5.69 Å². The molecule has 0 bridgehead atoms. The summed E-state index contributed by atoms with van der Waals surface area (Å²) in [6.45, 7) is 2.82. The Labute approximate surface area is 177 Å². The molecule has 2 aromatic carbocycles. The molecule has 1 fully saturated rings. The molecule has 1 heterocycles. The van der Waals surface area contributed by atoms with Crippen molar-refractivity contribution in [3.05, 3.63) is 60.2 Å². The molecule has 1 amide bonds. The summed E-state index contributed by atoms with van der Waals surface area (Å²) in [6, 6.07) is 14.7. The van der Waals surface area contributed by atoms with Gasteiger partial charge in [0.2, 0.25) is 15.9 Å². The number of esters is 1. The van der Waals surface area contributed by atoms with Gasteiger partial charge in [0.25, 0.3) is 0 Å². The summed E-state index contributed by atoms with van der Waals surface area (Å²) in [7, 11) is -3.62. The third-order valence-corrected chi connectivity index (χ3v) is 6.84. The lowest BCUT2D eigenvalue weighted by Gasteiger charge is -2.31. The highest BCUT2D eigenvalue weighted by Crippen LogP contribution is 2.25. The third kappa shape index (κ3) is 5.25. The van der Waals surface area contributed by atoms with Crippen LogP contribution in [-0.2, 0) is 19.6 Å². The number of nitrogens with one attached hydrogen (secondary N) is 1. The molecular weight excluding hydrogens is 404 g/mol. The first-order chi connectivity index (χ1) is 14.4. The lowest BCUT2D eigenvalue weighted by atomic mass is 9.98. The molecule has 1 N–H and O–H groups in total. The fourth-order valence-electron chi connectivity index (χ4n) is 3.33. The molecule has 8 heteroatoms. The summed E-state index contributed by atoms with van der Waals surface area (Å²) in [5.74, 6) is -1.07. The van der Waals surface area contributed by atoms with Gasteiger partial charge in [-0.1, -0.05) is 25.1 Å². The van der Waals surface area contributed by atoms with E-state index in [1.165, 1.54) is 4.31 Å². The number of amides is 1. The molecular formula is C22H26N2O5S. The van der Waals surface area contributed by atoms with Gasteiger partial charge in [-0.25, -0.2) is 13.2 Å². The van der Waals surface area contributed by atoms with Crippen LogP contribution in [0.15, 0.2) is 59.5 Å². The second-order valence-electron chi connectivity index (χ2n) is 7.22. The summed E-state index contributed by atoms with van der Waals surface area (Å²) in [4.78, 5) is 24.8. The smallest absolute Gasteiger partial charge is 0.338 e. The summed E-state index contributed by atoms with van der Waals surface area (Å²) >= 11 is 0. The van der Waals surface area contributed by atoms with Gasteiger partial charge in [-0.3, -0.25) is 4.79 Å². The number of rotatable bonds is 7. The van der Waals surface area contributed by atoms with Crippen LogP contribution in [0, 0.1) is 5.92 Å². The monoisotopic (exact) mass is 430 g/mol. The summed E-state index contributed by atoms with van der Waals surface area (Å²) < 4.78 is 32.1. The van der Waals surface area contributed by atoms with Gasteiger partial charge in [-0.05, 0) is 55.7 Å². The maximum atomic E-state index is 12.8. The molecule has 1 unspecified atom stereocenters. The lowest BCUT2D eigenvalue weighted by Crippen LogP contribution is -2.43. The number of carbonyl (C=O) groups excluding carboxylic acids is 2. The maximum absolute atomic E-state index is 12.8. The van der Waals surface area contributed by atoms with Gasteiger partial charge in [-0.15, -0.1) is 0 Å². The van der Waals surface area contributed by atoms with Crippen molar-refractivity contribution in [2.45, 2.75) is 31.1 Å². The van der Waals surface area contributed by atoms with E-state index in [1.807, 2.05) is 6.92 Å². The zero-order valence-corrected chi connectivity index (χ0v) is 17.7. The van der Waals surface area contributed by atoms with Crippen molar-refractivity contribution in [2.24, 2.45) is 5.92 Å². The van der Waals surface area contributed by atoms with Gasteiger partial charge < -0.3 is 10.1 Å². The van der Waals surface area contributed by atoms with Crippen LogP contribution in [0.3, 0.4) is 0 Å². The Kier molecular flexibility index (Phi) is 7.23. The molecule has 1 atom stereocenters. The van der Waals surface area contributed by atoms with E-state index in [-0.39, 0.29) is 17.3 Å². The zero-order valence-electron chi connectivity index (χ0n) is 16.9. The van der Waals surface area contributed by atoms with Crippen molar-refractivity contribution in [2.75, 3.05) is 25.0 Å². The van der Waals surface area contributed by atoms with Crippen LogP contribution in [0.1, 0.15) is 36.5 Å². The molecule has 0 radical (unpaired) electrons. The summed E-state index contributed by atoms with van der Waals surface area (Å²) in [5, 5.41) is 2.82. The highest BCUT2D eigenvalue weighted by molar-refractivity contribution is 7.89. The Morgan fingerprint density at radius 3 is 2.47 bits per heavy atom. The lowest BCUT2D eigenvalue weighted by molar-refractivity contribution is -0.120. The minimum absolute atomic E-state index is 0.143. The Hall–Kier alpha value is -2.71. The maximum Gasteiger partial charge on any atom is 0.338 e. The van der Waals surface area contributed by atoms with Gasteiger partial charge in [0, 0.05) is 18.8 Å². The number of hydrogen-bond acceptors (Lipinski definition) is 5. The number of carbonyl (C=O) groups is 2. The minimum atomic E-state index is -3.62. The van der Waals surface area contributed by atoms with Gasteiger partial charge in [0.1, 0.15) is 0 Å². The fourth-order valence-corrected chi connectivity index (χ4v) is 4.87. The van der Waals surface area contributed by atoms with Crippen molar-refractivity contribution in [3.63, 3.8) is 0 Å². The third-order valence-electron chi connectivity index (χ3n) is 4.96. The Balaban J connectivity index is 1.62. The number of nitrogens with zero attached hydrogens (tertiary/aromatic N) is 1. The van der Waals surface area contributed by atoms with E-state index in [1.54, 1.807) is 54.6 Å². The first kappa shape index (κ1) is 22.0. The number of piperidine rings is 1. The molecule has 0 aromatic heterocycles. The molecule has 2 aromatic rings. The van der Waals surface area contributed by atoms with E-state index >= 15 is 0 Å². The first-order valence-corrected chi connectivity index (χ1v) is 11.5. The number of benzene rings is 2. The highest BCUT2D eigenvalue weighted by atomic mass is 32.2. The van der Waals surface area contributed by atoms with Crippen molar-refractivity contribution >= 4 is 27.6 Å². The molecule has 1 aliphatic rings. The van der Waals surface area contributed by atoms with E-state index in [9.17, 15) is 18.0 Å². The minimum Gasteiger partial charge on any atom is -0.462 e. The number of hydrogen-bond donors (Lipinski definition) is 1. The van der Waals surface area contributed by atoms with Crippen LogP contribution in [0.5, 0.6) is 0 Å². The van der Waals surface area contributed by atoms with Crippen molar-refractivity contribution < 1.29 is 22.7 Å². The topological polar surface area (TPSA) is 92.8 Å². The van der Waals surface area contributed by atoms with Crippen molar-refractivity contribution in [3.8, 4) is 0 Å². The number of ether oxygens (including phenoxy) is 1. The number of sulfonamides is 1. The largest absolute Gasteiger partial charge is 0.462 e. The van der Waals surface area contributed by atoms with Crippen LogP contribution < -0.4 is 5.32 Å². The molecule has 3 rings (SSSR count). The quantitative estimate of drug-likeness (QED) is 0.681.